The van der Waals surface area contributed by atoms with Crippen molar-refractivity contribution >= 4 is 23.3 Å². The Balaban J connectivity index is 2.10. The van der Waals surface area contributed by atoms with E-state index in [1.807, 2.05) is 60.7 Å². The molecule has 0 unspecified atom stereocenters. The van der Waals surface area contributed by atoms with Crippen LogP contribution >= 0.6 is 0 Å². The molecule has 0 spiro atoms. The van der Waals surface area contributed by atoms with Crippen LogP contribution in [0.3, 0.4) is 0 Å². The van der Waals surface area contributed by atoms with Crippen LogP contribution in [0.1, 0.15) is 17.2 Å². The zero-order chi connectivity index (χ0) is 17.8. The highest BCUT2D eigenvalue weighted by Crippen LogP contribution is 2.33. The molecule has 1 aromatic heterocycles. The summed E-state index contributed by atoms with van der Waals surface area (Å²) in [7, 11) is 0. The van der Waals surface area contributed by atoms with E-state index in [0.717, 1.165) is 11.1 Å². The Kier molecular flexibility index (Phi) is 4.42. The van der Waals surface area contributed by atoms with Gasteiger partial charge in [-0.3, -0.25) is 10.1 Å². The summed E-state index contributed by atoms with van der Waals surface area (Å²) < 4.78 is 0. The van der Waals surface area contributed by atoms with Gasteiger partial charge in [-0.15, -0.1) is 0 Å². The highest BCUT2D eigenvalue weighted by atomic mass is 16.6. The number of hydrogen-bond donors (Lipinski definition) is 3. The quantitative estimate of drug-likeness (QED) is 0.482. The lowest BCUT2D eigenvalue weighted by Gasteiger charge is -2.20. The normalized spacial score (nSPS) is 10.6. The van der Waals surface area contributed by atoms with Crippen molar-refractivity contribution in [3.63, 3.8) is 0 Å². The molecule has 3 rings (SSSR count). The molecule has 8 heteroatoms. The van der Waals surface area contributed by atoms with Crippen LogP contribution in [0.15, 0.2) is 60.7 Å². The predicted octanol–water partition coefficient (Wildman–Crippen LogP) is 2.75. The number of benzene rings is 2. The Hall–Kier alpha value is -3.68. The lowest BCUT2D eigenvalue weighted by atomic mass is 9.99. The smallest absolute Gasteiger partial charge is 0.353 e. The lowest BCUT2D eigenvalue weighted by molar-refractivity contribution is -0.383. The zero-order valence-corrected chi connectivity index (χ0v) is 13.2. The van der Waals surface area contributed by atoms with Crippen LogP contribution in [-0.2, 0) is 0 Å². The molecular formula is C17H16N6O2. The fourth-order valence-corrected chi connectivity index (χ4v) is 2.56. The Morgan fingerprint density at radius 3 is 1.92 bits per heavy atom. The van der Waals surface area contributed by atoms with Crippen molar-refractivity contribution in [3.8, 4) is 0 Å². The second-order valence-corrected chi connectivity index (χ2v) is 5.32. The fourth-order valence-electron chi connectivity index (χ4n) is 2.56. The number of nitro groups is 1. The zero-order valence-electron chi connectivity index (χ0n) is 13.2. The number of nitrogens with zero attached hydrogens (tertiary/aromatic N) is 3. The topological polar surface area (TPSA) is 133 Å². The van der Waals surface area contributed by atoms with E-state index in [9.17, 15) is 10.1 Å². The Bertz CT molecular complexity index is 847. The van der Waals surface area contributed by atoms with Crippen molar-refractivity contribution in [3.05, 3.63) is 81.9 Å². The summed E-state index contributed by atoms with van der Waals surface area (Å²) in [5.41, 5.74) is 12.7. The predicted molar refractivity (Wildman–Crippen MR) is 95.9 cm³/mol. The first kappa shape index (κ1) is 16.2. The molecule has 0 saturated heterocycles. The van der Waals surface area contributed by atoms with Crippen molar-refractivity contribution in [2.24, 2.45) is 0 Å². The maximum Gasteiger partial charge on any atom is 0.353 e. The van der Waals surface area contributed by atoms with Gasteiger partial charge in [0.05, 0.1) is 11.0 Å². The van der Waals surface area contributed by atoms with Crippen LogP contribution < -0.4 is 16.8 Å². The van der Waals surface area contributed by atoms with Gasteiger partial charge >= 0.3 is 5.69 Å². The summed E-state index contributed by atoms with van der Waals surface area (Å²) >= 11 is 0. The van der Waals surface area contributed by atoms with Crippen LogP contribution in [0.25, 0.3) is 0 Å². The molecule has 0 amide bonds. The average molecular weight is 336 g/mol. The summed E-state index contributed by atoms with van der Waals surface area (Å²) in [4.78, 5) is 18.4. The van der Waals surface area contributed by atoms with Gasteiger partial charge in [-0.05, 0) is 11.1 Å². The molecule has 2 aromatic carbocycles. The molecule has 0 aliphatic carbocycles. The van der Waals surface area contributed by atoms with Gasteiger partial charge in [-0.25, -0.2) is 0 Å². The first-order chi connectivity index (χ1) is 12.1. The van der Waals surface area contributed by atoms with Crippen LogP contribution in [0.2, 0.25) is 0 Å². The van der Waals surface area contributed by atoms with Gasteiger partial charge in [0, 0.05) is 0 Å². The third-order valence-corrected chi connectivity index (χ3v) is 3.66. The molecule has 0 aliphatic rings. The van der Waals surface area contributed by atoms with Crippen LogP contribution in [0.4, 0.5) is 23.3 Å². The highest BCUT2D eigenvalue weighted by molar-refractivity contribution is 5.70. The van der Waals surface area contributed by atoms with Crippen LogP contribution in [0, 0.1) is 10.1 Å². The number of nitrogens with two attached hydrogens (primary N) is 2. The Morgan fingerprint density at radius 1 is 0.920 bits per heavy atom. The monoisotopic (exact) mass is 336 g/mol. The molecular weight excluding hydrogens is 320 g/mol. The number of nitrogens with one attached hydrogen (secondary N) is 1. The molecule has 0 aliphatic heterocycles. The summed E-state index contributed by atoms with van der Waals surface area (Å²) in [6.07, 6.45) is 0. The van der Waals surface area contributed by atoms with Crippen LogP contribution in [-0.4, -0.2) is 14.9 Å². The fraction of sp³-hybridized carbons (Fsp3) is 0.0588. The molecule has 8 nitrogen and oxygen atoms in total. The number of aromatic nitrogens is 2. The molecule has 1 heterocycles. The van der Waals surface area contributed by atoms with Crippen molar-refractivity contribution in [2.75, 3.05) is 16.8 Å². The SMILES string of the molecule is Nc1nc(N)c([N+](=O)[O-])c(NC(c2ccccc2)c2ccccc2)n1. The number of anilines is 3. The summed E-state index contributed by atoms with van der Waals surface area (Å²) in [6, 6.07) is 18.7. The molecule has 25 heavy (non-hydrogen) atoms. The van der Waals surface area contributed by atoms with E-state index in [-0.39, 0.29) is 23.6 Å². The first-order valence-corrected chi connectivity index (χ1v) is 7.50. The van der Waals surface area contributed by atoms with E-state index in [4.69, 9.17) is 11.5 Å². The van der Waals surface area contributed by atoms with Gasteiger partial charge in [-0.2, -0.15) is 9.97 Å². The maximum atomic E-state index is 11.4. The minimum Gasteiger partial charge on any atom is -0.378 e. The summed E-state index contributed by atoms with van der Waals surface area (Å²) in [5, 5.41) is 14.5. The Labute approximate surface area is 143 Å². The number of nitrogen functional groups attached to an aromatic ring is 2. The minimum absolute atomic E-state index is 0.0206. The van der Waals surface area contributed by atoms with Crippen molar-refractivity contribution in [1.29, 1.82) is 0 Å². The Morgan fingerprint density at radius 2 is 1.44 bits per heavy atom. The average Bonchev–Trinajstić information content (AvgIpc) is 2.60. The molecule has 0 fully saturated rings. The summed E-state index contributed by atoms with van der Waals surface area (Å²) in [6.45, 7) is 0. The molecule has 0 saturated carbocycles. The van der Waals surface area contributed by atoms with Crippen molar-refractivity contribution in [2.45, 2.75) is 6.04 Å². The van der Waals surface area contributed by atoms with E-state index in [1.54, 1.807) is 0 Å². The molecule has 0 bridgehead atoms. The van der Waals surface area contributed by atoms with Crippen molar-refractivity contribution in [1.82, 2.24) is 9.97 Å². The molecule has 0 atom stereocenters. The van der Waals surface area contributed by atoms with Gasteiger partial charge in [0.2, 0.25) is 17.6 Å². The van der Waals surface area contributed by atoms with Gasteiger partial charge in [0.25, 0.3) is 0 Å². The van der Waals surface area contributed by atoms with Gasteiger partial charge in [0.1, 0.15) is 0 Å². The minimum atomic E-state index is -0.621. The van der Waals surface area contributed by atoms with Gasteiger partial charge in [-0.1, -0.05) is 60.7 Å². The number of hydrogen-bond acceptors (Lipinski definition) is 7. The van der Waals surface area contributed by atoms with Gasteiger partial charge < -0.3 is 16.8 Å². The van der Waals surface area contributed by atoms with E-state index >= 15 is 0 Å². The molecule has 0 radical (unpaired) electrons. The molecule has 5 N–H and O–H groups in total. The lowest BCUT2D eigenvalue weighted by Crippen LogP contribution is -2.16. The van der Waals surface area contributed by atoms with E-state index in [0.29, 0.717) is 0 Å². The van der Waals surface area contributed by atoms with E-state index < -0.39 is 10.6 Å². The van der Waals surface area contributed by atoms with E-state index in [2.05, 4.69) is 15.3 Å². The first-order valence-electron chi connectivity index (χ1n) is 7.50. The van der Waals surface area contributed by atoms with Crippen LogP contribution in [0.5, 0.6) is 0 Å². The standard InChI is InChI=1S/C17H16N6O2/c18-15-14(23(24)25)16(22-17(19)21-15)20-13(11-7-3-1-4-8-11)12-9-5-2-6-10-12/h1-10,13H,(H5,18,19,20,21,22). The second-order valence-electron chi connectivity index (χ2n) is 5.32. The second kappa shape index (κ2) is 6.83. The summed E-state index contributed by atoms with van der Waals surface area (Å²) in [5.74, 6) is -0.432. The molecule has 126 valence electrons. The third kappa shape index (κ3) is 3.47. The highest BCUT2D eigenvalue weighted by Gasteiger charge is 2.25. The maximum absolute atomic E-state index is 11.4. The van der Waals surface area contributed by atoms with E-state index in [1.165, 1.54) is 0 Å². The third-order valence-electron chi connectivity index (χ3n) is 3.66. The van der Waals surface area contributed by atoms with Crippen molar-refractivity contribution < 1.29 is 4.92 Å². The largest absolute Gasteiger partial charge is 0.378 e. The number of rotatable bonds is 5. The molecule has 3 aromatic rings. The van der Waals surface area contributed by atoms with Gasteiger partial charge in [0.15, 0.2) is 0 Å².